The van der Waals surface area contributed by atoms with Crippen LogP contribution in [0.3, 0.4) is 0 Å². The summed E-state index contributed by atoms with van der Waals surface area (Å²) in [5, 5.41) is 11.4. The fourth-order valence-electron chi connectivity index (χ4n) is 0.552. The van der Waals surface area contributed by atoms with E-state index < -0.39 is 10.8 Å². The van der Waals surface area contributed by atoms with Crippen LogP contribution in [0.4, 0.5) is 0 Å². The number of carbonyl (C=O) groups is 1. The molecule has 0 aromatic rings. The van der Waals surface area contributed by atoms with Gasteiger partial charge in [-0.25, -0.2) is 0 Å². The van der Waals surface area contributed by atoms with Crippen LogP contribution >= 0.6 is 0 Å². The van der Waals surface area contributed by atoms with E-state index in [1.165, 1.54) is 6.08 Å². The zero-order chi connectivity index (χ0) is 10.9. The molecular formula is C11H19O2Rb. The molecule has 0 atom stereocenters. The average Bonchev–Trinajstić information content (AvgIpc) is 1.82. The first kappa shape index (κ1) is 17.4. The first-order valence-electron chi connectivity index (χ1n) is 4.49. The SMILES string of the molecule is CC(C)(C)C(=O)C=C([O-])C(C)(C)C.[Rb+]. The summed E-state index contributed by atoms with van der Waals surface area (Å²) in [5.41, 5.74) is -0.915. The summed E-state index contributed by atoms with van der Waals surface area (Å²) in [4.78, 5) is 11.4. The van der Waals surface area contributed by atoms with Gasteiger partial charge in [0.25, 0.3) is 0 Å². The summed E-state index contributed by atoms with van der Waals surface area (Å²) in [6, 6.07) is 0. The molecule has 0 rings (SSSR count). The van der Waals surface area contributed by atoms with E-state index >= 15 is 0 Å². The molecule has 0 N–H and O–H groups in total. The second-order valence-corrected chi connectivity index (χ2v) is 5.37. The number of carbonyl (C=O) groups excluding carboxylic acids is 1. The van der Waals surface area contributed by atoms with Crippen molar-refractivity contribution >= 4 is 5.78 Å². The smallest absolute Gasteiger partial charge is 0.875 e. The zero-order valence-corrected chi connectivity index (χ0v) is 15.3. The van der Waals surface area contributed by atoms with Gasteiger partial charge in [-0.1, -0.05) is 41.5 Å². The average molecular weight is 269 g/mol. The van der Waals surface area contributed by atoms with Gasteiger partial charge in [0.2, 0.25) is 0 Å². The third-order valence-electron chi connectivity index (χ3n) is 1.74. The van der Waals surface area contributed by atoms with Crippen LogP contribution in [0.1, 0.15) is 41.5 Å². The van der Waals surface area contributed by atoms with Gasteiger partial charge in [-0.05, 0) is 11.5 Å². The molecule has 0 aromatic carbocycles. The van der Waals surface area contributed by atoms with Gasteiger partial charge in [-0.2, -0.15) is 0 Å². The van der Waals surface area contributed by atoms with Crippen molar-refractivity contribution in [2.75, 3.05) is 0 Å². The van der Waals surface area contributed by atoms with E-state index in [0.29, 0.717) is 0 Å². The molecule has 0 aliphatic carbocycles. The van der Waals surface area contributed by atoms with Crippen LogP contribution < -0.4 is 63.3 Å². The van der Waals surface area contributed by atoms with Gasteiger partial charge in [-0.15, -0.1) is 5.76 Å². The van der Waals surface area contributed by atoms with Crippen LogP contribution in [0.15, 0.2) is 11.8 Å². The Labute approximate surface area is 136 Å². The van der Waals surface area contributed by atoms with Crippen molar-refractivity contribution in [2.24, 2.45) is 10.8 Å². The molecule has 0 radical (unpaired) electrons. The van der Waals surface area contributed by atoms with Crippen LogP contribution in [-0.2, 0) is 4.79 Å². The minimum absolute atomic E-state index is 0. The molecule has 3 heteroatoms. The van der Waals surface area contributed by atoms with Gasteiger partial charge in [0.1, 0.15) is 0 Å². The van der Waals surface area contributed by atoms with Gasteiger partial charge in [0, 0.05) is 5.41 Å². The Bertz CT molecular complexity index is 229. The maximum Gasteiger partial charge on any atom is 1.00 e. The first-order chi connectivity index (χ1) is 5.55. The molecule has 0 heterocycles. The Balaban J connectivity index is 0. The van der Waals surface area contributed by atoms with E-state index in [0.717, 1.165) is 0 Å². The van der Waals surface area contributed by atoms with Gasteiger partial charge in [0.05, 0.1) is 0 Å². The van der Waals surface area contributed by atoms with Crippen molar-refractivity contribution in [2.45, 2.75) is 41.5 Å². The Morgan fingerprint density at radius 1 is 1.00 bits per heavy atom. The fraction of sp³-hybridized carbons (Fsp3) is 0.727. The van der Waals surface area contributed by atoms with Crippen LogP contribution in [0.2, 0.25) is 0 Å². The summed E-state index contributed by atoms with van der Waals surface area (Å²) >= 11 is 0. The van der Waals surface area contributed by atoms with E-state index in [1.807, 2.05) is 41.5 Å². The predicted octanol–water partition coefficient (Wildman–Crippen LogP) is -1.10. The Kier molecular flexibility index (Phi) is 7.37. The molecule has 14 heavy (non-hydrogen) atoms. The molecule has 0 aliphatic rings. The molecular weight excluding hydrogens is 250 g/mol. The standard InChI is InChI=1S/C11H20O2.Rb/c1-10(2,3)8(12)7-9(13)11(4,5)6;/h7,12H,1-6H3;/q;+1/p-1. The molecule has 0 amide bonds. The van der Waals surface area contributed by atoms with Gasteiger partial charge in [-0.3, -0.25) is 4.79 Å². The second-order valence-electron chi connectivity index (χ2n) is 5.37. The maximum atomic E-state index is 11.4. The van der Waals surface area contributed by atoms with E-state index in [9.17, 15) is 9.90 Å². The van der Waals surface area contributed by atoms with E-state index in [1.54, 1.807) is 0 Å². The Morgan fingerprint density at radius 3 is 1.57 bits per heavy atom. The van der Waals surface area contributed by atoms with Gasteiger partial charge >= 0.3 is 58.2 Å². The molecule has 0 bridgehead atoms. The molecule has 0 saturated heterocycles. The topological polar surface area (TPSA) is 40.1 Å². The molecule has 0 unspecified atom stereocenters. The second kappa shape index (κ2) is 5.93. The van der Waals surface area contributed by atoms with Crippen LogP contribution in [-0.4, -0.2) is 5.78 Å². The molecule has 0 fully saturated rings. The third kappa shape index (κ3) is 6.49. The summed E-state index contributed by atoms with van der Waals surface area (Å²) < 4.78 is 0. The van der Waals surface area contributed by atoms with E-state index in [-0.39, 0.29) is 69.7 Å². The number of hydrogen-bond donors (Lipinski definition) is 0. The summed E-state index contributed by atoms with van der Waals surface area (Å²) in [6.45, 7) is 10.8. The molecule has 0 spiro atoms. The quantitative estimate of drug-likeness (QED) is 0.447. The van der Waals surface area contributed by atoms with Gasteiger partial charge in [0.15, 0.2) is 5.78 Å². The zero-order valence-electron chi connectivity index (χ0n) is 10.4. The van der Waals surface area contributed by atoms with Crippen molar-refractivity contribution in [1.29, 1.82) is 0 Å². The normalized spacial score (nSPS) is 13.4. The Morgan fingerprint density at radius 2 is 1.36 bits per heavy atom. The fourth-order valence-corrected chi connectivity index (χ4v) is 0.552. The molecule has 76 valence electrons. The monoisotopic (exact) mass is 268 g/mol. The van der Waals surface area contributed by atoms with E-state index in [4.69, 9.17) is 0 Å². The van der Waals surface area contributed by atoms with Crippen molar-refractivity contribution in [3.63, 3.8) is 0 Å². The first-order valence-corrected chi connectivity index (χ1v) is 4.49. The summed E-state index contributed by atoms with van der Waals surface area (Å²) in [7, 11) is 0. The number of ketones is 1. The molecule has 0 saturated carbocycles. The van der Waals surface area contributed by atoms with Gasteiger partial charge < -0.3 is 5.11 Å². The predicted molar refractivity (Wildman–Crippen MR) is 52.0 cm³/mol. The van der Waals surface area contributed by atoms with Crippen molar-refractivity contribution in [3.8, 4) is 0 Å². The minimum atomic E-state index is -0.457. The largest absolute Gasteiger partial charge is 1.00 e. The van der Waals surface area contributed by atoms with Crippen LogP contribution in [0.25, 0.3) is 0 Å². The Hall–Kier alpha value is 1.02. The van der Waals surface area contributed by atoms with Crippen molar-refractivity contribution in [1.82, 2.24) is 0 Å². The summed E-state index contributed by atoms with van der Waals surface area (Å²) in [6.07, 6.45) is 1.22. The third-order valence-corrected chi connectivity index (χ3v) is 1.74. The number of hydrogen-bond acceptors (Lipinski definition) is 2. The van der Waals surface area contributed by atoms with Crippen molar-refractivity contribution in [3.05, 3.63) is 11.8 Å². The van der Waals surface area contributed by atoms with Crippen LogP contribution in [0.5, 0.6) is 0 Å². The minimum Gasteiger partial charge on any atom is -0.875 e. The van der Waals surface area contributed by atoms with E-state index in [2.05, 4.69) is 0 Å². The maximum absolute atomic E-state index is 11.4. The molecule has 2 nitrogen and oxygen atoms in total. The molecule has 0 aliphatic heterocycles. The molecule has 0 aromatic heterocycles. The number of rotatable bonds is 1. The summed E-state index contributed by atoms with van der Waals surface area (Å²) in [5.74, 6) is -0.208. The van der Waals surface area contributed by atoms with Crippen molar-refractivity contribution < 1.29 is 68.1 Å². The van der Waals surface area contributed by atoms with Crippen LogP contribution in [0, 0.1) is 10.8 Å². The number of allylic oxidation sites excluding steroid dienone is 2.